The van der Waals surface area contributed by atoms with E-state index in [2.05, 4.69) is 31.0 Å². The lowest BCUT2D eigenvalue weighted by molar-refractivity contribution is 0.100. The summed E-state index contributed by atoms with van der Waals surface area (Å²) >= 11 is 3.45. The highest BCUT2D eigenvalue weighted by Gasteiger charge is 2.24. The first-order valence-corrected chi connectivity index (χ1v) is 8.49. The minimum Gasteiger partial charge on any atom is -0.396 e. The summed E-state index contributed by atoms with van der Waals surface area (Å²) in [5, 5.41) is 13.3. The van der Waals surface area contributed by atoms with Crippen LogP contribution in [0.4, 0.5) is 0 Å². The summed E-state index contributed by atoms with van der Waals surface area (Å²) in [4.78, 5) is 6.85. The van der Waals surface area contributed by atoms with Crippen LogP contribution < -0.4 is 0 Å². The van der Waals surface area contributed by atoms with Gasteiger partial charge in [-0.3, -0.25) is 4.90 Å². The summed E-state index contributed by atoms with van der Waals surface area (Å²) in [5.74, 6) is 1.26. The maximum Gasteiger partial charge on any atom is 0.241 e. The molecule has 0 radical (unpaired) electrons. The third-order valence-corrected chi connectivity index (χ3v) is 4.59. The van der Waals surface area contributed by atoms with Crippen LogP contribution in [0.25, 0.3) is 11.4 Å². The summed E-state index contributed by atoms with van der Waals surface area (Å²) < 4.78 is 6.40. The van der Waals surface area contributed by atoms with E-state index < -0.39 is 0 Å². The lowest BCUT2D eigenvalue weighted by atomic mass is 10.00. The fourth-order valence-corrected chi connectivity index (χ4v) is 3.38. The van der Waals surface area contributed by atoms with Crippen molar-refractivity contribution in [2.45, 2.75) is 38.3 Å². The van der Waals surface area contributed by atoms with Crippen molar-refractivity contribution in [3.8, 4) is 11.4 Å². The third-order valence-electron chi connectivity index (χ3n) is 4.10. The largest absolute Gasteiger partial charge is 0.396 e. The van der Waals surface area contributed by atoms with E-state index in [-0.39, 0.29) is 6.61 Å². The molecule has 2 heterocycles. The van der Waals surface area contributed by atoms with Crippen molar-refractivity contribution < 1.29 is 9.63 Å². The van der Waals surface area contributed by atoms with Gasteiger partial charge in [-0.1, -0.05) is 39.6 Å². The molecule has 0 saturated carbocycles. The molecule has 6 heteroatoms. The molecule has 1 aliphatic rings. The summed E-state index contributed by atoms with van der Waals surface area (Å²) in [5.41, 5.74) is 0.940. The number of rotatable bonds is 5. The van der Waals surface area contributed by atoms with E-state index >= 15 is 0 Å². The first kappa shape index (κ1) is 15.6. The van der Waals surface area contributed by atoms with Crippen molar-refractivity contribution in [2.24, 2.45) is 0 Å². The van der Waals surface area contributed by atoms with Crippen LogP contribution in [0.5, 0.6) is 0 Å². The number of hydrogen-bond acceptors (Lipinski definition) is 5. The topological polar surface area (TPSA) is 62.4 Å². The summed E-state index contributed by atoms with van der Waals surface area (Å²) in [6.45, 7) is 1.92. The Bertz CT molecular complexity index is 615. The van der Waals surface area contributed by atoms with Gasteiger partial charge in [0.2, 0.25) is 11.7 Å². The Hall–Kier alpha value is -1.24. The van der Waals surface area contributed by atoms with Gasteiger partial charge in [-0.25, -0.2) is 0 Å². The van der Waals surface area contributed by atoms with Crippen molar-refractivity contribution in [3.63, 3.8) is 0 Å². The minimum absolute atomic E-state index is 0.230. The van der Waals surface area contributed by atoms with Gasteiger partial charge in [-0.15, -0.1) is 0 Å². The Morgan fingerprint density at radius 3 is 3.09 bits per heavy atom. The van der Waals surface area contributed by atoms with Gasteiger partial charge in [0.05, 0.1) is 6.54 Å². The lowest BCUT2D eigenvalue weighted by Crippen LogP contribution is -2.39. The first-order chi connectivity index (χ1) is 10.8. The van der Waals surface area contributed by atoms with Crippen LogP contribution in [0.1, 0.15) is 31.6 Å². The van der Waals surface area contributed by atoms with E-state index in [0.29, 0.717) is 24.3 Å². The van der Waals surface area contributed by atoms with Crippen molar-refractivity contribution in [2.75, 3.05) is 13.2 Å². The average molecular weight is 366 g/mol. The quantitative estimate of drug-likeness (QED) is 0.880. The average Bonchev–Trinajstić information content (AvgIpc) is 2.98. The molecule has 1 aliphatic heterocycles. The number of aliphatic hydroxyl groups excluding tert-OH is 1. The molecule has 1 atom stereocenters. The highest BCUT2D eigenvalue weighted by Crippen LogP contribution is 2.23. The van der Waals surface area contributed by atoms with Gasteiger partial charge in [0, 0.05) is 22.7 Å². The molecular weight excluding hydrogens is 346 g/mol. The standard InChI is InChI=1S/C16H20BrN3O2/c17-13-5-3-4-12(10-13)16-18-15(22-19-16)11-20-8-2-1-6-14(20)7-9-21/h3-5,10,14,21H,1-2,6-9,11H2. The van der Waals surface area contributed by atoms with E-state index in [1.807, 2.05) is 24.3 Å². The van der Waals surface area contributed by atoms with E-state index in [4.69, 9.17) is 4.52 Å². The molecule has 1 saturated heterocycles. The second-order valence-electron chi connectivity index (χ2n) is 5.65. The molecule has 0 bridgehead atoms. The molecule has 0 spiro atoms. The number of halogens is 1. The Labute approximate surface area is 138 Å². The molecule has 1 unspecified atom stereocenters. The predicted molar refractivity (Wildman–Crippen MR) is 87.2 cm³/mol. The van der Waals surface area contributed by atoms with Gasteiger partial charge in [0.1, 0.15) is 0 Å². The van der Waals surface area contributed by atoms with Crippen LogP contribution in [-0.2, 0) is 6.54 Å². The molecule has 0 aliphatic carbocycles. The second-order valence-corrected chi connectivity index (χ2v) is 6.57. The van der Waals surface area contributed by atoms with E-state index in [1.54, 1.807) is 0 Å². The minimum atomic E-state index is 0.230. The third kappa shape index (κ3) is 3.74. The van der Waals surface area contributed by atoms with E-state index in [1.165, 1.54) is 12.8 Å². The molecular formula is C16H20BrN3O2. The Kier molecular flexibility index (Phi) is 5.23. The molecule has 1 aromatic carbocycles. The molecule has 22 heavy (non-hydrogen) atoms. The number of likely N-dealkylation sites (tertiary alicyclic amines) is 1. The van der Waals surface area contributed by atoms with Gasteiger partial charge < -0.3 is 9.63 Å². The first-order valence-electron chi connectivity index (χ1n) is 7.69. The van der Waals surface area contributed by atoms with Crippen LogP contribution >= 0.6 is 15.9 Å². The van der Waals surface area contributed by atoms with E-state index in [9.17, 15) is 5.11 Å². The van der Waals surface area contributed by atoms with Crippen LogP contribution in [0, 0.1) is 0 Å². The monoisotopic (exact) mass is 365 g/mol. The molecule has 0 amide bonds. The fraction of sp³-hybridized carbons (Fsp3) is 0.500. The maximum atomic E-state index is 9.20. The molecule has 118 valence electrons. The Morgan fingerprint density at radius 1 is 1.36 bits per heavy atom. The van der Waals surface area contributed by atoms with Gasteiger partial charge in [-0.2, -0.15) is 4.98 Å². The van der Waals surface area contributed by atoms with Crippen LogP contribution in [0.2, 0.25) is 0 Å². The number of aliphatic hydroxyl groups is 1. The van der Waals surface area contributed by atoms with Gasteiger partial charge in [0.25, 0.3) is 0 Å². The molecule has 1 N–H and O–H groups in total. The second kappa shape index (κ2) is 7.35. The fourth-order valence-electron chi connectivity index (χ4n) is 2.98. The zero-order valence-electron chi connectivity index (χ0n) is 12.4. The number of aromatic nitrogens is 2. The number of piperidine rings is 1. The SMILES string of the molecule is OCCC1CCCCN1Cc1nc(-c2cccc(Br)c2)no1. The van der Waals surface area contributed by atoms with Gasteiger partial charge >= 0.3 is 0 Å². The molecule has 2 aromatic rings. The lowest BCUT2D eigenvalue weighted by Gasteiger charge is -2.34. The normalized spacial score (nSPS) is 19.5. The molecule has 5 nitrogen and oxygen atoms in total. The van der Waals surface area contributed by atoms with E-state index in [0.717, 1.165) is 29.4 Å². The smallest absolute Gasteiger partial charge is 0.241 e. The Morgan fingerprint density at radius 2 is 2.27 bits per heavy atom. The van der Waals surface area contributed by atoms with Crippen molar-refractivity contribution in [3.05, 3.63) is 34.6 Å². The van der Waals surface area contributed by atoms with Gasteiger partial charge in [0.15, 0.2) is 0 Å². The maximum absolute atomic E-state index is 9.20. The summed E-state index contributed by atoms with van der Waals surface area (Å²) in [6.07, 6.45) is 4.36. The highest BCUT2D eigenvalue weighted by molar-refractivity contribution is 9.10. The number of nitrogens with zero attached hydrogens (tertiary/aromatic N) is 3. The predicted octanol–water partition coefficient (Wildman–Crippen LogP) is 3.24. The van der Waals surface area contributed by atoms with Crippen LogP contribution in [0.15, 0.2) is 33.3 Å². The van der Waals surface area contributed by atoms with Crippen LogP contribution in [-0.4, -0.2) is 39.3 Å². The molecule has 1 aromatic heterocycles. The highest BCUT2D eigenvalue weighted by atomic mass is 79.9. The summed E-state index contributed by atoms with van der Waals surface area (Å²) in [6, 6.07) is 8.29. The molecule has 3 rings (SSSR count). The van der Waals surface area contributed by atoms with Crippen molar-refractivity contribution >= 4 is 15.9 Å². The number of benzene rings is 1. The zero-order chi connectivity index (χ0) is 15.4. The van der Waals surface area contributed by atoms with Crippen LogP contribution in [0.3, 0.4) is 0 Å². The zero-order valence-corrected chi connectivity index (χ0v) is 14.0. The van der Waals surface area contributed by atoms with Crippen molar-refractivity contribution in [1.82, 2.24) is 15.0 Å². The Balaban J connectivity index is 1.71. The van der Waals surface area contributed by atoms with Gasteiger partial charge in [-0.05, 0) is 37.9 Å². The summed E-state index contributed by atoms with van der Waals surface area (Å²) in [7, 11) is 0. The van der Waals surface area contributed by atoms with Crippen molar-refractivity contribution in [1.29, 1.82) is 0 Å². The molecule has 1 fully saturated rings. The number of hydrogen-bond donors (Lipinski definition) is 1.